The molecule has 0 N–H and O–H groups in total. The van der Waals surface area contributed by atoms with Crippen LogP contribution in [0.15, 0.2) is 109 Å². The van der Waals surface area contributed by atoms with Gasteiger partial charge in [-0.25, -0.2) is 0 Å². The first-order valence-electron chi connectivity index (χ1n) is 12.0. The molecule has 2 heterocycles. The number of benzene rings is 4. The van der Waals surface area contributed by atoms with Gasteiger partial charge in [0, 0.05) is 35.4 Å². The lowest BCUT2D eigenvalue weighted by atomic mass is 10.0. The van der Waals surface area contributed by atoms with Crippen LogP contribution in [0.5, 0.6) is 5.75 Å². The van der Waals surface area contributed by atoms with Gasteiger partial charge in [-0.2, -0.15) is 5.26 Å². The molecule has 2 aromatic heterocycles. The number of carbonyl (C=O) groups is 1. The highest BCUT2D eigenvalue weighted by Gasteiger charge is 2.14. The van der Waals surface area contributed by atoms with Gasteiger partial charge in [0.1, 0.15) is 5.75 Å². The largest absolute Gasteiger partial charge is 0.497 e. The number of ether oxygens (including phenoxy) is 1. The zero-order valence-corrected chi connectivity index (χ0v) is 20.3. The first kappa shape index (κ1) is 22.4. The zero-order chi connectivity index (χ0) is 25.4. The van der Waals surface area contributed by atoms with Crippen LogP contribution >= 0.6 is 0 Å². The van der Waals surface area contributed by atoms with Crippen molar-refractivity contribution in [3.63, 3.8) is 0 Å². The summed E-state index contributed by atoms with van der Waals surface area (Å²) in [6.45, 7) is 0.718. The molecule has 0 radical (unpaired) electrons. The maximum atomic E-state index is 13.3. The van der Waals surface area contributed by atoms with Gasteiger partial charge in [-0.15, -0.1) is 0 Å². The summed E-state index contributed by atoms with van der Waals surface area (Å²) in [6, 6.07) is 33.8. The first-order chi connectivity index (χ1) is 18.1. The lowest BCUT2D eigenvalue weighted by molar-refractivity contribution is 0.0964. The van der Waals surface area contributed by atoms with E-state index in [1.165, 1.54) is 0 Å². The van der Waals surface area contributed by atoms with Crippen LogP contribution in [0.25, 0.3) is 32.9 Å². The Kier molecular flexibility index (Phi) is 5.55. The third-order valence-electron chi connectivity index (χ3n) is 6.77. The van der Waals surface area contributed by atoms with Crippen molar-refractivity contribution in [1.29, 1.82) is 5.26 Å². The lowest BCUT2D eigenvalue weighted by Crippen LogP contribution is -2.10. The van der Waals surface area contributed by atoms with Crippen LogP contribution in [0.3, 0.4) is 0 Å². The molecule has 0 aliphatic rings. The molecule has 0 saturated heterocycles. The summed E-state index contributed by atoms with van der Waals surface area (Å²) in [6.07, 6.45) is 3.91. The molecule has 0 amide bonds. The highest BCUT2D eigenvalue weighted by Crippen LogP contribution is 2.29. The smallest absolute Gasteiger partial charge is 0.262 e. The van der Waals surface area contributed by atoms with E-state index < -0.39 is 0 Å². The molecule has 6 rings (SSSR count). The fraction of sp³-hybridized carbons (Fsp3) is 0.0625. The van der Waals surface area contributed by atoms with Gasteiger partial charge in [0.15, 0.2) is 0 Å². The fourth-order valence-corrected chi connectivity index (χ4v) is 4.76. The number of aromatic nitrogens is 2. The Bertz CT molecular complexity index is 1820. The number of nitrogens with zero attached hydrogens (tertiary/aromatic N) is 3. The van der Waals surface area contributed by atoms with E-state index in [2.05, 4.69) is 59.3 Å². The second-order valence-electron chi connectivity index (χ2n) is 9.02. The highest BCUT2D eigenvalue weighted by atomic mass is 16.5. The average Bonchev–Trinajstić information content (AvgIpc) is 3.56. The van der Waals surface area contributed by atoms with E-state index in [1.807, 2.05) is 48.7 Å². The number of methoxy groups -OCH3 is 1. The quantitative estimate of drug-likeness (QED) is 0.270. The van der Waals surface area contributed by atoms with Gasteiger partial charge in [-0.3, -0.25) is 9.36 Å². The molecule has 5 heteroatoms. The van der Waals surface area contributed by atoms with Crippen molar-refractivity contribution in [2.45, 2.75) is 6.54 Å². The van der Waals surface area contributed by atoms with Gasteiger partial charge in [-0.1, -0.05) is 42.5 Å². The molecule has 178 valence electrons. The summed E-state index contributed by atoms with van der Waals surface area (Å²) in [7, 11) is 1.60. The summed E-state index contributed by atoms with van der Waals surface area (Å²) in [5.41, 5.74) is 6.48. The Morgan fingerprint density at radius 3 is 2.24 bits per heavy atom. The third kappa shape index (κ3) is 4.15. The molecule has 0 fully saturated rings. The molecular formula is C32H23N3O2. The number of carbonyl (C=O) groups excluding carboxylic acids is 1. The lowest BCUT2D eigenvalue weighted by Gasteiger charge is -2.10. The van der Waals surface area contributed by atoms with E-state index in [4.69, 9.17) is 10.00 Å². The monoisotopic (exact) mass is 481 g/mol. The Balaban J connectivity index is 1.36. The van der Waals surface area contributed by atoms with Crippen LogP contribution in [-0.4, -0.2) is 22.2 Å². The second-order valence-corrected chi connectivity index (χ2v) is 9.02. The van der Waals surface area contributed by atoms with E-state index in [9.17, 15) is 4.79 Å². The number of hydrogen-bond donors (Lipinski definition) is 0. The molecule has 0 spiro atoms. The van der Waals surface area contributed by atoms with Crippen LogP contribution in [-0.2, 0) is 6.54 Å². The second kappa shape index (κ2) is 9.18. The number of hydrogen-bond acceptors (Lipinski definition) is 3. The predicted octanol–water partition coefficient (Wildman–Crippen LogP) is 6.88. The number of nitriles is 1. The van der Waals surface area contributed by atoms with Gasteiger partial charge in [0.2, 0.25) is 0 Å². The SMILES string of the molecule is COc1cccc(C(=O)n2ccc3ccc(-c4ccc5ccn(Cc6ccc(C#N)cc6)c5c4)cc32)c1. The maximum Gasteiger partial charge on any atom is 0.262 e. The van der Waals surface area contributed by atoms with Crippen molar-refractivity contribution in [2.24, 2.45) is 0 Å². The van der Waals surface area contributed by atoms with E-state index in [-0.39, 0.29) is 5.91 Å². The van der Waals surface area contributed by atoms with Gasteiger partial charge < -0.3 is 9.30 Å². The van der Waals surface area contributed by atoms with Gasteiger partial charge in [0.05, 0.1) is 24.3 Å². The van der Waals surface area contributed by atoms with Crippen LogP contribution in [0.4, 0.5) is 0 Å². The Morgan fingerprint density at radius 1 is 0.811 bits per heavy atom. The van der Waals surface area contributed by atoms with Crippen LogP contribution in [0.1, 0.15) is 21.5 Å². The molecule has 0 atom stereocenters. The van der Waals surface area contributed by atoms with E-state index in [0.717, 1.165) is 45.0 Å². The molecule has 0 aliphatic carbocycles. The molecule has 6 aromatic rings. The highest BCUT2D eigenvalue weighted by molar-refractivity contribution is 6.03. The van der Waals surface area contributed by atoms with Crippen molar-refractivity contribution >= 4 is 27.7 Å². The summed E-state index contributed by atoms with van der Waals surface area (Å²) >= 11 is 0. The Morgan fingerprint density at radius 2 is 1.51 bits per heavy atom. The zero-order valence-electron chi connectivity index (χ0n) is 20.3. The van der Waals surface area contributed by atoms with Gasteiger partial charge >= 0.3 is 0 Å². The molecule has 0 aliphatic heterocycles. The summed E-state index contributed by atoms with van der Waals surface area (Å²) < 4.78 is 9.21. The number of fused-ring (bicyclic) bond motifs is 2. The predicted molar refractivity (Wildman–Crippen MR) is 146 cm³/mol. The van der Waals surface area contributed by atoms with Crippen LogP contribution in [0, 0.1) is 11.3 Å². The number of rotatable bonds is 5. The fourth-order valence-electron chi connectivity index (χ4n) is 4.76. The molecule has 37 heavy (non-hydrogen) atoms. The summed E-state index contributed by atoms with van der Waals surface area (Å²) in [4.78, 5) is 13.3. The van der Waals surface area contributed by atoms with Crippen molar-refractivity contribution < 1.29 is 9.53 Å². The van der Waals surface area contributed by atoms with Crippen LogP contribution < -0.4 is 4.74 Å². The summed E-state index contributed by atoms with van der Waals surface area (Å²) in [5.74, 6) is 0.554. The van der Waals surface area contributed by atoms with Crippen molar-refractivity contribution in [1.82, 2.24) is 9.13 Å². The standard InChI is InChI=1S/C32H23N3O2/c1-37-29-4-2-3-28(17-29)32(36)35-16-14-25-10-12-27(19-31(25)35)26-11-9-24-13-15-34(30(24)18-26)21-23-7-5-22(20-33)6-8-23/h2-19H,21H2,1H3. The minimum absolute atomic E-state index is 0.0993. The van der Waals surface area contributed by atoms with E-state index in [1.54, 1.807) is 23.8 Å². The Labute approximate surface area is 214 Å². The van der Waals surface area contributed by atoms with E-state index in [0.29, 0.717) is 16.9 Å². The molecule has 5 nitrogen and oxygen atoms in total. The van der Waals surface area contributed by atoms with E-state index >= 15 is 0 Å². The summed E-state index contributed by atoms with van der Waals surface area (Å²) in [5, 5.41) is 11.2. The minimum atomic E-state index is -0.0993. The van der Waals surface area contributed by atoms with Crippen molar-refractivity contribution in [2.75, 3.05) is 7.11 Å². The molecule has 4 aromatic carbocycles. The molecule has 0 saturated carbocycles. The van der Waals surface area contributed by atoms with Gasteiger partial charge in [-0.05, 0) is 76.7 Å². The maximum absolute atomic E-state index is 13.3. The normalized spacial score (nSPS) is 11.0. The minimum Gasteiger partial charge on any atom is -0.497 e. The molecule has 0 bridgehead atoms. The van der Waals surface area contributed by atoms with Crippen molar-refractivity contribution in [3.8, 4) is 22.9 Å². The topological polar surface area (TPSA) is 59.9 Å². The third-order valence-corrected chi connectivity index (χ3v) is 6.77. The molecular weight excluding hydrogens is 458 g/mol. The first-order valence-corrected chi connectivity index (χ1v) is 12.0. The van der Waals surface area contributed by atoms with Gasteiger partial charge in [0.25, 0.3) is 5.91 Å². The van der Waals surface area contributed by atoms with Crippen LogP contribution in [0.2, 0.25) is 0 Å². The van der Waals surface area contributed by atoms with Crippen molar-refractivity contribution in [3.05, 3.63) is 126 Å². The average molecular weight is 482 g/mol. The Hall–Kier alpha value is -5.08. The molecule has 0 unspecified atom stereocenters.